The lowest BCUT2D eigenvalue weighted by atomic mass is 9.78. The number of aromatic nitrogens is 2. The molecule has 1 aromatic rings. The molecule has 0 spiro atoms. The number of nitrogens with zero attached hydrogens (tertiary/aromatic N) is 2. The summed E-state index contributed by atoms with van der Waals surface area (Å²) in [6.45, 7) is 12.7. The molecule has 1 atom stereocenters. The van der Waals surface area contributed by atoms with Gasteiger partial charge in [0.2, 0.25) is 0 Å². The van der Waals surface area contributed by atoms with E-state index in [1.165, 1.54) is 0 Å². The van der Waals surface area contributed by atoms with E-state index in [0.717, 1.165) is 9.21 Å². The van der Waals surface area contributed by atoms with E-state index in [4.69, 9.17) is 4.74 Å². The lowest BCUT2D eigenvalue weighted by Crippen LogP contribution is -2.31. The van der Waals surface area contributed by atoms with Crippen molar-refractivity contribution in [3.8, 4) is 0 Å². The molecular formula is C15H24Br2N2O2. The van der Waals surface area contributed by atoms with Crippen LogP contribution in [0.5, 0.6) is 0 Å². The molecule has 0 N–H and O–H groups in total. The zero-order valence-electron chi connectivity index (χ0n) is 13.5. The second-order valence-corrected chi connectivity index (χ2v) is 8.95. The van der Waals surface area contributed by atoms with E-state index >= 15 is 0 Å². The molecule has 0 aliphatic rings. The molecular weight excluding hydrogens is 400 g/mol. The summed E-state index contributed by atoms with van der Waals surface area (Å²) in [5.41, 5.74) is -0.469. The van der Waals surface area contributed by atoms with Gasteiger partial charge in [0, 0.05) is 12.6 Å². The van der Waals surface area contributed by atoms with Gasteiger partial charge in [-0.25, -0.2) is 0 Å². The maximum Gasteiger partial charge on any atom is 0.306 e. The third-order valence-electron chi connectivity index (χ3n) is 3.15. The van der Waals surface area contributed by atoms with Gasteiger partial charge in [-0.15, -0.1) is 0 Å². The molecule has 1 heterocycles. The Labute approximate surface area is 143 Å². The van der Waals surface area contributed by atoms with E-state index in [1.807, 2.05) is 31.5 Å². The van der Waals surface area contributed by atoms with Gasteiger partial charge in [-0.2, -0.15) is 5.10 Å². The third kappa shape index (κ3) is 6.51. The van der Waals surface area contributed by atoms with E-state index in [-0.39, 0.29) is 17.3 Å². The van der Waals surface area contributed by atoms with Gasteiger partial charge in [-0.05, 0) is 64.0 Å². The van der Waals surface area contributed by atoms with Crippen molar-refractivity contribution in [3.63, 3.8) is 0 Å². The lowest BCUT2D eigenvalue weighted by Gasteiger charge is -2.31. The average molecular weight is 424 g/mol. The minimum absolute atomic E-state index is 0.0191. The number of rotatable bonds is 4. The molecule has 0 bridgehead atoms. The van der Waals surface area contributed by atoms with E-state index < -0.39 is 5.60 Å². The van der Waals surface area contributed by atoms with Gasteiger partial charge >= 0.3 is 5.97 Å². The predicted octanol–water partition coefficient (Wildman–Crippen LogP) is 4.80. The van der Waals surface area contributed by atoms with Gasteiger partial charge in [0.25, 0.3) is 0 Å². The average Bonchev–Trinajstić information content (AvgIpc) is 2.52. The summed E-state index contributed by atoms with van der Waals surface area (Å²) >= 11 is 6.84. The summed E-state index contributed by atoms with van der Waals surface area (Å²) in [5.74, 6) is -0.0276. The molecule has 0 amide bonds. The first kappa shape index (κ1) is 18.7. The summed E-state index contributed by atoms with van der Waals surface area (Å²) < 4.78 is 8.99. The number of halogens is 2. The van der Waals surface area contributed by atoms with Crippen LogP contribution in [0.1, 0.15) is 48.0 Å². The van der Waals surface area contributed by atoms with Crippen LogP contribution < -0.4 is 0 Å². The predicted molar refractivity (Wildman–Crippen MR) is 91.0 cm³/mol. The van der Waals surface area contributed by atoms with E-state index in [1.54, 1.807) is 0 Å². The fraction of sp³-hybridized carbons (Fsp3) is 0.733. The monoisotopic (exact) mass is 422 g/mol. The Morgan fingerprint density at radius 2 is 1.86 bits per heavy atom. The zero-order valence-corrected chi connectivity index (χ0v) is 16.7. The van der Waals surface area contributed by atoms with E-state index in [0.29, 0.717) is 13.0 Å². The Morgan fingerprint density at radius 3 is 2.24 bits per heavy atom. The number of hydrogen-bond donors (Lipinski definition) is 0. The van der Waals surface area contributed by atoms with Crippen LogP contribution in [-0.2, 0) is 16.1 Å². The van der Waals surface area contributed by atoms with Crippen LogP contribution in [0.4, 0.5) is 0 Å². The highest BCUT2D eigenvalue weighted by Gasteiger charge is 2.30. The summed E-state index contributed by atoms with van der Waals surface area (Å²) in [6, 6.07) is 1.90. The minimum Gasteiger partial charge on any atom is -0.460 e. The molecule has 0 saturated carbocycles. The molecule has 21 heavy (non-hydrogen) atoms. The van der Waals surface area contributed by atoms with Gasteiger partial charge in [0.1, 0.15) is 14.8 Å². The van der Waals surface area contributed by atoms with Gasteiger partial charge in [0.15, 0.2) is 0 Å². The summed E-state index contributed by atoms with van der Waals surface area (Å²) in [7, 11) is 0. The van der Waals surface area contributed by atoms with Crippen LogP contribution in [0.3, 0.4) is 0 Å². The number of hydrogen-bond acceptors (Lipinski definition) is 3. The quantitative estimate of drug-likeness (QED) is 0.653. The van der Waals surface area contributed by atoms with Crippen molar-refractivity contribution in [1.82, 2.24) is 9.78 Å². The fourth-order valence-corrected chi connectivity index (χ4v) is 3.09. The number of ether oxygens (including phenoxy) is 1. The molecule has 0 aliphatic carbocycles. The molecule has 0 fully saturated rings. The Morgan fingerprint density at radius 1 is 1.29 bits per heavy atom. The van der Waals surface area contributed by atoms with Crippen molar-refractivity contribution in [2.24, 2.45) is 11.3 Å². The molecule has 6 heteroatoms. The van der Waals surface area contributed by atoms with Crippen molar-refractivity contribution >= 4 is 37.8 Å². The Balaban J connectivity index is 2.83. The Bertz CT molecular complexity index is 499. The van der Waals surface area contributed by atoms with Gasteiger partial charge < -0.3 is 4.74 Å². The van der Waals surface area contributed by atoms with Crippen molar-refractivity contribution in [1.29, 1.82) is 0 Å². The van der Waals surface area contributed by atoms with Crippen LogP contribution in [-0.4, -0.2) is 21.4 Å². The molecule has 0 radical (unpaired) electrons. The van der Waals surface area contributed by atoms with Gasteiger partial charge in [-0.3, -0.25) is 9.48 Å². The number of carbonyl (C=O) groups is 1. The molecule has 1 aromatic heterocycles. The second-order valence-electron chi connectivity index (χ2n) is 7.33. The largest absolute Gasteiger partial charge is 0.460 e. The maximum absolute atomic E-state index is 12.1. The first-order chi connectivity index (χ1) is 9.38. The molecule has 4 nitrogen and oxygen atoms in total. The standard InChI is InChI=1S/C15H24Br2N2O2/c1-14(2,3)10(7-13(20)21-15(4,5)6)9-19-12(17)8-11(16)18-19/h8,10H,7,9H2,1-6H3/t10-/m0/s1. The van der Waals surface area contributed by atoms with Gasteiger partial charge in [-0.1, -0.05) is 20.8 Å². The van der Waals surface area contributed by atoms with E-state index in [9.17, 15) is 4.79 Å². The minimum atomic E-state index is -0.450. The van der Waals surface area contributed by atoms with Crippen LogP contribution >= 0.6 is 31.9 Å². The van der Waals surface area contributed by atoms with E-state index in [2.05, 4.69) is 57.7 Å². The van der Waals surface area contributed by atoms with Crippen LogP contribution in [0.15, 0.2) is 15.3 Å². The Hall–Kier alpha value is -0.360. The maximum atomic E-state index is 12.1. The Kier molecular flexibility index (Phi) is 6.07. The number of esters is 1. The molecule has 0 aliphatic heterocycles. The molecule has 0 aromatic carbocycles. The highest BCUT2D eigenvalue weighted by atomic mass is 79.9. The topological polar surface area (TPSA) is 44.1 Å². The fourth-order valence-electron chi connectivity index (χ4n) is 1.93. The second kappa shape index (κ2) is 6.82. The normalized spacial score (nSPS) is 14.1. The summed E-state index contributed by atoms with van der Waals surface area (Å²) in [4.78, 5) is 12.1. The smallest absolute Gasteiger partial charge is 0.306 e. The van der Waals surface area contributed by atoms with Crippen molar-refractivity contribution in [2.75, 3.05) is 0 Å². The molecule has 1 rings (SSSR count). The third-order valence-corrected chi connectivity index (χ3v) is 4.18. The lowest BCUT2D eigenvalue weighted by molar-refractivity contribution is -0.157. The molecule has 0 unspecified atom stereocenters. The zero-order chi connectivity index (χ0) is 16.4. The highest BCUT2D eigenvalue weighted by molar-refractivity contribution is 9.11. The van der Waals surface area contributed by atoms with Crippen LogP contribution in [0.25, 0.3) is 0 Å². The number of carbonyl (C=O) groups excluding carboxylic acids is 1. The first-order valence-corrected chi connectivity index (χ1v) is 8.58. The van der Waals surface area contributed by atoms with Gasteiger partial charge in [0.05, 0.1) is 6.42 Å². The van der Waals surface area contributed by atoms with Crippen LogP contribution in [0.2, 0.25) is 0 Å². The van der Waals surface area contributed by atoms with Crippen molar-refractivity contribution in [3.05, 3.63) is 15.3 Å². The van der Waals surface area contributed by atoms with Crippen molar-refractivity contribution < 1.29 is 9.53 Å². The first-order valence-electron chi connectivity index (χ1n) is 6.99. The summed E-state index contributed by atoms with van der Waals surface area (Å²) in [6.07, 6.45) is 0.380. The molecule has 120 valence electrons. The SMILES string of the molecule is CC(C)(C)OC(=O)C[C@@H](Cn1nc(Br)cc1Br)C(C)(C)C. The summed E-state index contributed by atoms with van der Waals surface area (Å²) in [5, 5.41) is 4.38. The highest BCUT2D eigenvalue weighted by Crippen LogP contribution is 2.32. The molecule has 0 saturated heterocycles. The van der Waals surface area contributed by atoms with Crippen LogP contribution in [0, 0.1) is 11.3 Å². The van der Waals surface area contributed by atoms with Crippen molar-refractivity contribution in [2.45, 2.75) is 60.1 Å².